The third-order valence-electron chi connectivity index (χ3n) is 3.02. The van der Waals surface area contributed by atoms with Gasteiger partial charge in [-0.25, -0.2) is 0 Å². The van der Waals surface area contributed by atoms with E-state index in [1.165, 1.54) is 0 Å². The number of aromatic nitrogens is 1. The number of nitrogens with zero attached hydrogens (tertiary/aromatic N) is 1. The van der Waals surface area contributed by atoms with Gasteiger partial charge >= 0.3 is 0 Å². The average molecular weight is 251 g/mol. The van der Waals surface area contributed by atoms with Crippen molar-refractivity contribution in [2.45, 2.75) is 6.54 Å². The SMILES string of the molecule is C=CCn1cc(-c2cc3ccccc3o2)ccc1=O. The molecule has 0 fully saturated rings. The second-order valence-electron chi connectivity index (χ2n) is 4.35. The van der Waals surface area contributed by atoms with Gasteiger partial charge in [0.1, 0.15) is 11.3 Å². The number of para-hydroxylation sites is 1. The molecule has 3 nitrogen and oxygen atoms in total. The highest BCUT2D eigenvalue weighted by Crippen LogP contribution is 2.26. The molecule has 0 saturated carbocycles. The van der Waals surface area contributed by atoms with Gasteiger partial charge < -0.3 is 8.98 Å². The second-order valence-corrected chi connectivity index (χ2v) is 4.35. The molecule has 1 aromatic carbocycles. The molecular formula is C16H13NO2. The van der Waals surface area contributed by atoms with Crippen molar-refractivity contribution in [2.24, 2.45) is 0 Å². The molecule has 0 unspecified atom stereocenters. The van der Waals surface area contributed by atoms with Gasteiger partial charge in [0.05, 0.1) is 0 Å². The number of rotatable bonds is 3. The molecule has 3 heteroatoms. The Morgan fingerprint density at radius 3 is 2.84 bits per heavy atom. The first-order valence-corrected chi connectivity index (χ1v) is 6.08. The Bertz CT molecular complexity index is 763. The van der Waals surface area contributed by atoms with Gasteiger partial charge in [-0.2, -0.15) is 0 Å². The van der Waals surface area contributed by atoms with Gasteiger partial charge in [-0.1, -0.05) is 24.3 Å². The van der Waals surface area contributed by atoms with Crippen LogP contribution in [0.25, 0.3) is 22.3 Å². The fourth-order valence-corrected chi connectivity index (χ4v) is 2.08. The van der Waals surface area contributed by atoms with Crippen LogP contribution in [-0.4, -0.2) is 4.57 Å². The molecule has 19 heavy (non-hydrogen) atoms. The van der Waals surface area contributed by atoms with Crippen molar-refractivity contribution in [3.8, 4) is 11.3 Å². The van der Waals surface area contributed by atoms with Gasteiger partial charge in [0.15, 0.2) is 0 Å². The highest BCUT2D eigenvalue weighted by Gasteiger charge is 2.06. The van der Waals surface area contributed by atoms with Crippen LogP contribution in [0.3, 0.4) is 0 Å². The first-order chi connectivity index (χ1) is 9.28. The Labute approximate surface area is 110 Å². The molecule has 0 aliphatic carbocycles. The van der Waals surface area contributed by atoms with Gasteiger partial charge in [0.2, 0.25) is 0 Å². The summed E-state index contributed by atoms with van der Waals surface area (Å²) in [5, 5.41) is 1.05. The first-order valence-electron chi connectivity index (χ1n) is 6.08. The van der Waals surface area contributed by atoms with E-state index in [0.717, 1.165) is 22.3 Å². The summed E-state index contributed by atoms with van der Waals surface area (Å²) < 4.78 is 7.39. The molecular weight excluding hydrogens is 238 g/mol. The molecule has 0 N–H and O–H groups in total. The van der Waals surface area contributed by atoms with Crippen LogP contribution in [-0.2, 0) is 6.54 Å². The number of pyridine rings is 1. The Kier molecular flexibility index (Phi) is 2.80. The number of hydrogen-bond donors (Lipinski definition) is 0. The summed E-state index contributed by atoms with van der Waals surface area (Å²) in [4.78, 5) is 11.6. The van der Waals surface area contributed by atoms with Crippen LogP contribution in [0.4, 0.5) is 0 Å². The zero-order valence-electron chi connectivity index (χ0n) is 10.4. The number of furan rings is 1. The van der Waals surface area contributed by atoms with Gasteiger partial charge in [-0.05, 0) is 18.2 Å². The monoisotopic (exact) mass is 251 g/mol. The van der Waals surface area contributed by atoms with Gasteiger partial charge in [0.25, 0.3) is 5.56 Å². The van der Waals surface area contributed by atoms with Crippen molar-refractivity contribution in [3.05, 3.63) is 71.7 Å². The predicted molar refractivity (Wildman–Crippen MR) is 76.1 cm³/mol. The molecule has 0 spiro atoms. The maximum atomic E-state index is 11.6. The molecule has 0 amide bonds. The summed E-state index contributed by atoms with van der Waals surface area (Å²) in [7, 11) is 0. The van der Waals surface area contributed by atoms with E-state index in [-0.39, 0.29) is 5.56 Å². The van der Waals surface area contributed by atoms with E-state index in [1.807, 2.05) is 30.3 Å². The third kappa shape index (κ3) is 2.10. The standard InChI is InChI=1S/C16H13NO2/c1-2-9-17-11-13(7-8-16(17)18)15-10-12-5-3-4-6-14(12)19-15/h2-8,10-11H,1,9H2. The van der Waals surface area contributed by atoms with Crippen LogP contribution in [0.5, 0.6) is 0 Å². The smallest absolute Gasteiger partial charge is 0.250 e. The third-order valence-corrected chi connectivity index (χ3v) is 3.02. The summed E-state index contributed by atoms with van der Waals surface area (Å²) in [6.07, 6.45) is 3.49. The van der Waals surface area contributed by atoms with E-state index in [0.29, 0.717) is 6.54 Å². The Hall–Kier alpha value is -2.55. The van der Waals surface area contributed by atoms with E-state index in [2.05, 4.69) is 6.58 Å². The lowest BCUT2D eigenvalue weighted by atomic mass is 10.2. The van der Waals surface area contributed by atoms with Crippen LogP contribution < -0.4 is 5.56 Å². The summed E-state index contributed by atoms with van der Waals surface area (Å²) in [5.41, 5.74) is 1.69. The van der Waals surface area contributed by atoms with Gasteiger partial charge in [-0.15, -0.1) is 6.58 Å². The molecule has 0 atom stereocenters. The summed E-state index contributed by atoms with van der Waals surface area (Å²) in [5.74, 6) is 0.763. The van der Waals surface area contributed by atoms with Crippen molar-refractivity contribution in [2.75, 3.05) is 0 Å². The molecule has 3 rings (SSSR count). The lowest BCUT2D eigenvalue weighted by molar-refractivity contribution is 0.629. The lowest BCUT2D eigenvalue weighted by Gasteiger charge is -2.03. The number of hydrogen-bond acceptors (Lipinski definition) is 2. The molecule has 2 aromatic heterocycles. The fourth-order valence-electron chi connectivity index (χ4n) is 2.08. The maximum absolute atomic E-state index is 11.6. The quantitative estimate of drug-likeness (QED) is 0.668. The normalized spacial score (nSPS) is 10.7. The zero-order valence-corrected chi connectivity index (χ0v) is 10.4. The van der Waals surface area contributed by atoms with Crippen LogP contribution in [0.2, 0.25) is 0 Å². The van der Waals surface area contributed by atoms with E-state index >= 15 is 0 Å². The van der Waals surface area contributed by atoms with Crippen LogP contribution >= 0.6 is 0 Å². The first kappa shape index (κ1) is 11.5. The molecule has 2 heterocycles. The minimum atomic E-state index is -0.0419. The predicted octanol–water partition coefficient (Wildman–Crippen LogP) is 3.45. The lowest BCUT2D eigenvalue weighted by Crippen LogP contribution is -2.17. The van der Waals surface area contributed by atoms with Crippen LogP contribution in [0.15, 0.2) is 70.5 Å². The largest absolute Gasteiger partial charge is 0.456 e. The average Bonchev–Trinajstić information content (AvgIpc) is 2.85. The van der Waals surface area contributed by atoms with E-state index in [1.54, 1.807) is 29.0 Å². The van der Waals surface area contributed by atoms with Crippen molar-refractivity contribution in [1.82, 2.24) is 4.57 Å². The van der Waals surface area contributed by atoms with Gasteiger partial charge in [0, 0.05) is 29.8 Å². The van der Waals surface area contributed by atoms with E-state index in [4.69, 9.17) is 4.42 Å². The molecule has 3 aromatic rings. The maximum Gasteiger partial charge on any atom is 0.250 e. The van der Waals surface area contributed by atoms with E-state index < -0.39 is 0 Å². The highest BCUT2D eigenvalue weighted by atomic mass is 16.3. The zero-order chi connectivity index (χ0) is 13.2. The molecule has 0 radical (unpaired) electrons. The Morgan fingerprint density at radius 2 is 2.05 bits per heavy atom. The minimum absolute atomic E-state index is 0.0419. The molecule has 0 aliphatic heterocycles. The van der Waals surface area contributed by atoms with Crippen molar-refractivity contribution >= 4 is 11.0 Å². The second kappa shape index (κ2) is 4.61. The topological polar surface area (TPSA) is 35.1 Å². The Balaban J connectivity index is 2.13. The molecule has 0 aliphatic rings. The van der Waals surface area contributed by atoms with Crippen molar-refractivity contribution in [3.63, 3.8) is 0 Å². The summed E-state index contributed by atoms with van der Waals surface area (Å²) in [6, 6.07) is 13.1. The van der Waals surface area contributed by atoms with Crippen molar-refractivity contribution < 1.29 is 4.42 Å². The highest BCUT2D eigenvalue weighted by molar-refractivity contribution is 5.82. The fraction of sp³-hybridized carbons (Fsp3) is 0.0625. The molecule has 0 saturated heterocycles. The number of fused-ring (bicyclic) bond motifs is 1. The van der Waals surface area contributed by atoms with Crippen molar-refractivity contribution in [1.29, 1.82) is 0 Å². The molecule has 94 valence electrons. The summed E-state index contributed by atoms with van der Waals surface area (Å²) >= 11 is 0. The molecule has 0 bridgehead atoms. The van der Waals surface area contributed by atoms with E-state index in [9.17, 15) is 4.79 Å². The minimum Gasteiger partial charge on any atom is -0.456 e. The van der Waals surface area contributed by atoms with Gasteiger partial charge in [-0.3, -0.25) is 4.79 Å². The number of allylic oxidation sites excluding steroid dienone is 1. The van der Waals surface area contributed by atoms with Crippen LogP contribution in [0.1, 0.15) is 0 Å². The number of benzene rings is 1. The summed E-state index contributed by atoms with van der Waals surface area (Å²) in [6.45, 7) is 4.14. The van der Waals surface area contributed by atoms with Crippen LogP contribution in [0, 0.1) is 0 Å². The Morgan fingerprint density at radius 1 is 1.21 bits per heavy atom.